The minimum Gasteiger partial charge on any atom is -0.479 e. The maximum Gasteiger partial charge on any atom is 0.335 e. The third-order valence-corrected chi connectivity index (χ3v) is 5.74. The van der Waals surface area contributed by atoms with E-state index in [4.69, 9.17) is 26.2 Å². The molecular weight excluding hydrogens is 458 g/mol. The van der Waals surface area contributed by atoms with Gasteiger partial charge in [0.15, 0.2) is 12.2 Å². The van der Waals surface area contributed by atoms with E-state index in [1.54, 1.807) is 9.80 Å². The minimum absolute atomic E-state index is 0.0875. The number of carboxylic acids is 2. The lowest BCUT2D eigenvalue weighted by atomic mass is 9.95. The molecule has 2 aromatic rings. The predicted molar refractivity (Wildman–Crippen MR) is 125 cm³/mol. The van der Waals surface area contributed by atoms with Crippen molar-refractivity contribution < 1.29 is 39.6 Å². The van der Waals surface area contributed by atoms with Gasteiger partial charge in [0.1, 0.15) is 0 Å². The summed E-state index contributed by atoms with van der Waals surface area (Å²) in [7, 11) is 0. The topological polar surface area (TPSA) is 182 Å². The second-order valence-corrected chi connectivity index (χ2v) is 8.22. The number of para-hydroxylation sites is 1. The van der Waals surface area contributed by atoms with Gasteiger partial charge in [-0.25, -0.2) is 9.59 Å². The number of hydrogen-bond acceptors (Lipinski definition) is 7. The summed E-state index contributed by atoms with van der Waals surface area (Å²) >= 11 is 0. The molecule has 4 rings (SSSR count). The number of carbonyl (C=O) groups excluding carboxylic acids is 2. The molecule has 0 aliphatic carbocycles. The predicted octanol–water partition coefficient (Wildman–Crippen LogP) is 0.107. The fraction of sp³-hybridized carbons (Fsp3) is 0.333. The number of nitrogens with zero attached hydrogens (tertiary/aromatic N) is 2. The van der Waals surface area contributed by atoms with Crippen molar-refractivity contribution in [1.29, 1.82) is 0 Å². The van der Waals surface area contributed by atoms with Crippen molar-refractivity contribution >= 4 is 35.1 Å². The quantitative estimate of drug-likeness (QED) is 0.379. The largest absolute Gasteiger partial charge is 0.479 e. The van der Waals surface area contributed by atoms with E-state index in [-0.39, 0.29) is 11.8 Å². The molecule has 186 valence electrons. The maximum absolute atomic E-state index is 12.8. The van der Waals surface area contributed by atoms with E-state index >= 15 is 0 Å². The lowest BCUT2D eigenvalue weighted by Crippen LogP contribution is -2.49. The summed E-state index contributed by atoms with van der Waals surface area (Å²) in [6.45, 7) is 1.16. The molecule has 0 bridgehead atoms. The van der Waals surface area contributed by atoms with Crippen LogP contribution in [0.4, 0.5) is 11.4 Å². The lowest BCUT2D eigenvalue weighted by molar-refractivity contribution is -0.165. The van der Waals surface area contributed by atoms with Crippen molar-refractivity contribution in [2.75, 3.05) is 16.3 Å². The van der Waals surface area contributed by atoms with Crippen LogP contribution in [0.25, 0.3) is 0 Å². The third-order valence-electron chi connectivity index (χ3n) is 5.74. The molecule has 11 heteroatoms. The average Bonchev–Trinajstić information content (AvgIpc) is 3.27. The molecule has 2 aliphatic rings. The van der Waals surface area contributed by atoms with Gasteiger partial charge in [-0.05, 0) is 30.0 Å². The Morgan fingerprint density at radius 2 is 1.60 bits per heavy atom. The monoisotopic (exact) mass is 485 g/mol. The van der Waals surface area contributed by atoms with Crippen LogP contribution in [-0.4, -0.2) is 69.0 Å². The highest BCUT2D eigenvalue weighted by molar-refractivity contribution is 6.07. The minimum atomic E-state index is -2.27. The maximum atomic E-state index is 12.8. The number of amides is 2. The Morgan fingerprint density at radius 3 is 2.14 bits per heavy atom. The summed E-state index contributed by atoms with van der Waals surface area (Å²) in [6.07, 6.45) is -2.60. The van der Waals surface area contributed by atoms with Gasteiger partial charge in [0.25, 0.3) is 0 Å². The smallest absolute Gasteiger partial charge is 0.335 e. The first-order valence-corrected chi connectivity index (χ1v) is 11.0. The van der Waals surface area contributed by atoms with Crippen molar-refractivity contribution in [3.63, 3.8) is 0 Å². The molecule has 2 heterocycles. The molecule has 0 radical (unpaired) electrons. The Kier molecular flexibility index (Phi) is 8.18. The van der Waals surface area contributed by atoms with Crippen molar-refractivity contribution in [2.24, 2.45) is 5.73 Å². The third kappa shape index (κ3) is 5.83. The van der Waals surface area contributed by atoms with E-state index in [2.05, 4.69) is 0 Å². The highest BCUT2D eigenvalue weighted by atomic mass is 16.4. The lowest BCUT2D eigenvalue weighted by Gasteiger charge is -2.36. The van der Waals surface area contributed by atoms with Crippen LogP contribution in [0, 0.1) is 0 Å². The molecule has 1 fully saturated rings. The molecule has 0 spiro atoms. The number of aliphatic hydroxyl groups excluding tert-OH is 2. The van der Waals surface area contributed by atoms with Gasteiger partial charge in [0.2, 0.25) is 11.8 Å². The van der Waals surface area contributed by atoms with Gasteiger partial charge in [-0.15, -0.1) is 0 Å². The molecule has 6 N–H and O–H groups in total. The first-order valence-electron chi connectivity index (χ1n) is 11.0. The zero-order valence-corrected chi connectivity index (χ0v) is 18.8. The number of nitrogens with two attached hydrogens (primary N) is 1. The summed E-state index contributed by atoms with van der Waals surface area (Å²) in [4.78, 5) is 48.2. The number of rotatable bonds is 6. The molecular formula is C24H27N3O8. The number of aliphatic hydroxyl groups is 2. The highest BCUT2D eigenvalue weighted by Gasteiger charge is 2.35. The van der Waals surface area contributed by atoms with E-state index in [0.717, 1.165) is 28.9 Å². The van der Waals surface area contributed by atoms with Crippen LogP contribution < -0.4 is 15.5 Å². The Bertz CT molecular complexity index is 1090. The van der Waals surface area contributed by atoms with Gasteiger partial charge in [-0.1, -0.05) is 42.5 Å². The van der Waals surface area contributed by atoms with Crippen molar-refractivity contribution in [3.05, 3.63) is 59.7 Å². The molecule has 2 amide bonds. The number of fused-ring (bicyclic) bond motifs is 1. The average molecular weight is 485 g/mol. The van der Waals surface area contributed by atoms with Crippen LogP contribution in [-0.2, 0) is 32.1 Å². The normalized spacial score (nSPS) is 18.9. The van der Waals surface area contributed by atoms with E-state index in [1.165, 1.54) is 0 Å². The standard InChI is InChI=1S/C20H21N3O2.C4H6O6/c21-16-12-15-8-4-9-17(22-11-5-10-18(22)24)19(15)23(20(16)25)13-14-6-2-1-3-7-14;5-1(3(7)8)2(6)4(9)10/h1-4,6-9,16H,5,10-13,21H2;1-2,5-6H,(H,7,8)(H,9,10)/t;1-,2-/m.0/s1. The summed E-state index contributed by atoms with van der Waals surface area (Å²) in [5.41, 5.74) is 9.84. The zero-order valence-electron chi connectivity index (χ0n) is 18.8. The van der Waals surface area contributed by atoms with E-state index < -0.39 is 30.2 Å². The number of hydrogen-bond donors (Lipinski definition) is 5. The van der Waals surface area contributed by atoms with E-state index in [1.807, 2.05) is 48.5 Å². The number of benzene rings is 2. The molecule has 35 heavy (non-hydrogen) atoms. The van der Waals surface area contributed by atoms with Gasteiger partial charge in [-0.2, -0.15) is 0 Å². The van der Waals surface area contributed by atoms with Crippen LogP contribution in [0.5, 0.6) is 0 Å². The van der Waals surface area contributed by atoms with Crippen LogP contribution in [0.15, 0.2) is 48.5 Å². The highest BCUT2D eigenvalue weighted by Crippen LogP contribution is 2.39. The Balaban J connectivity index is 0.000000292. The van der Waals surface area contributed by atoms with Gasteiger partial charge in [0.05, 0.1) is 24.0 Å². The molecule has 0 aromatic heterocycles. The molecule has 11 nitrogen and oxygen atoms in total. The van der Waals surface area contributed by atoms with Gasteiger partial charge in [0, 0.05) is 13.0 Å². The zero-order chi connectivity index (χ0) is 25.7. The second-order valence-electron chi connectivity index (χ2n) is 8.22. The number of anilines is 2. The summed E-state index contributed by atoms with van der Waals surface area (Å²) < 4.78 is 0. The first kappa shape index (κ1) is 25.8. The first-order chi connectivity index (χ1) is 16.6. The van der Waals surface area contributed by atoms with Gasteiger partial charge >= 0.3 is 11.9 Å². The van der Waals surface area contributed by atoms with Crippen LogP contribution in [0.3, 0.4) is 0 Å². The summed E-state index contributed by atoms with van der Waals surface area (Å²) in [6, 6.07) is 15.2. The van der Waals surface area contributed by atoms with E-state index in [9.17, 15) is 19.2 Å². The molecule has 3 atom stereocenters. The molecule has 1 unspecified atom stereocenters. The second kappa shape index (κ2) is 11.1. The van der Waals surface area contributed by atoms with Crippen LogP contribution in [0.1, 0.15) is 24.0 Å². The molecule has 1 saturated heterocycles. The van der Waals surface area contributed by atoms with Crippen molar-refractivity contribution in [3.8, 4) is 0 Å². The number of carboxylic acid groups (broad SMARTS) is 2. The fourth-order valence-corrected chi connectivity index (χ4v) is 4.00. The molecule has 2 aliphatic heterocycles. The van der Waals surface area contributed by atoms with Gasteiger partial charge < -0.3 is 36.0 Å². The SMILES string of the molecule is NC1Cc2cccc(N3CCCC3=O)c2N(Cc2ccccc2)C1=O.O=C(O)[C@@H](O)[C@H](O)C(=O)O. The Morgan fingerprint density at radius 1 is 0.971 bits per heavy atom. The summed E-state index contributed by atoms with van der Waals surface area (Å²) in [5.74, 6) is -3.50. The molecule has 0 saturated carbocycles. The van der Waals surface area contributed by atoms with Crippen LogP contribution >= 0.6 is 0 Å². The fourth-order valence-electron chi connectivity index (χ4n) is 4.00. The Labute approximate surface area is 201 Å². The number of carbonyl (C=O) groups is 4. The van der Waals surface area contributed by atoms with Crippen molar-refractivity contribution in [1.82, 2.24) is 0 Å². The van der Waals surface area contributed by atoms with Crippen molar-refractivity contribution in [2.45, 2.75) is 44.1 Å². The van der Waals surface area contributed by atoms with E-state index in [0.29, 0.717) is 25.9 Å². The van der Waals surface area contributed by atoms with Gasteiger partial charge in [-0.3, -0.25) is 9.59 Å². The Hall–Kier alpha value is -3.80. The number of aliphatic carboxylic acids is 2. The van der Waals surface area contributed by atoms with Crippen LogP contribution in [0.2, 0.25) is 0 Å². The molecule has 2 aromatic carbocycles. The summed E-state index contributed by atoms with van der Waals surface area (Å²) in [5, 5.41) is 32.5.